The maximum absolute atomic E-state index is 7.12. The Morgan fingerprint density at radius 3 is 1.27 bits per heavy atom. The number of rotatable bonds is 5. The van der Waals surface area contributed by atoms with Gasteiger partial charge in [0.25, 0.3) is 0 Å². The summed E-state index contributed by atoms with van der Waals surface area (Å²) in [7, 11) is 0. The van der Waals surface area contributed by atoms with Gasteiger partial charge in [-0.2, -0.15) is 0 Å². The van der Waals surface area contributed by atoms with E-state index in [4.69, 9.17) is 34.8 Å². The van der Waals surface area contributed by atoms with Crippen LogP contribution in [0.3, 0.4) is 0 Å². The fourth-order valence-corrected chi connectivity index (χ4v) is 5.77. The molecule has 198 valence electrons. The molecule has 0 fully saturated rings. The smallest absolute Gasteiger partial charge is 0.0711 e. The highest BCUT2D eigenvalue weighted by atomic mass is 35.5. The Hall–Kier alpha value is -4.03. The van der Waals surface area contributed by atoms with Crippen LogP contribution in [0.5, 0.6) is 0 Å². The highest BCUT2D eigenvalue weighted by Gasteiger charge is 2.33. The maximum Gasteiger partial charge on any atom is 0.0711 e. The molecule has 0 saturated heterocycles. The standard InChI is InChI=1S/C38H25Cl3/c39-31-21-17-29(18-22-31)37-35(27-13-7-3-8-14-27)33(25-34(41)26-11-5-1-2-6-12-26)36(28-15-9-4-10-16-28)38(37)30-19-23-32(40)24-20-30/h1-24,26H. The van der Waals surface area contributed by atoms with Crippen LogP contribution < -0.4 is 0 Å². The van der Waals surface area contributed by atoms with Crippen molar-refractivity contribution in [2.75, 3.05) is 0 Å². The number of halogens is 3. The average molecular weight is 588 g/mol. The van der Waals surface area contributed by atoms with Crippen LogP contribution in [0.2, 0.25) is 10.0 Å². The molecule has 0 amide bonds. The first-order chi connectivity index (χ1) is 20.1. The van der Waals surface area contributed by atoms with Gasteiger partial charge in [-0.05, 0) is 57.7 Å². The van der Waals surface area contributed by atoms with E-state index in [-0.39, 0.29) is 5.92 Å². The van der Waals surface area contributed by atoms with E-state index in [1.807, 2.05) is 60.7 Å². The summed E-state index contributed by atoms with van der Waals surface area (Å²) < 4.78 is 0. The second-order valence-electron chi connectivity index (χ2n) is 9.77. The van der Waals surface area contributed by atoms with Crippen LogP contribution in [-0.2, 0) is 0 Å². The van der Waals surface area contributed by atoms with Gasteiger partial charge in [-0.25, -0.2) is 0 Å². The summed E-state index contributed by atoms with van der Waals surface area (Å²) in [5.41, 5.74) is 13.2. The predicted molar refractivity (Wildman–Crippen MR) is 177 cm³/mol. The van der Waals surface area contributed by atoms with Crippen molar-refractivity contribution >= 4 is 57.1 Å². The molecule has 0 nitrogen and oxygen atoms in total. The van der Waals surface area contributed by atoms with E-state index in [1.54, 1.807) is 0 Å². The minimum Gasteiger partial charge on any atom is -0.0947 e. The van der Waals surface area contributed by atoms with E-state index in [1.165, 1.54) is 0 Å². The van der Waals surface area contributed by atoms with Gasteiger partial charge in [0, 0.05) is 32.7 Å². The van der Waals surface area contributed by atoms with Crippen molar-refractivity contribution in [3.8, 4) is 0 Å². The lowest BCUT2D eigenvalue weighted by Gasteiger charge is -2.14. The van der Waals surface area contributed by atoms with Crippen LogP contribution in [-0.4, -0.2) is 0 Å². The van der Waals surface area contributed by atoms with E-state index >= 15 is 0 Å². The molecule has 41 heavy (non-hydrogen) atoms. The van der Waals surface area contributed by atoms with E-state index in [9.17, 15) is 0 Å². The van der Waals surface area contributed by atoms with Crippen LogP contribution in [0.25, 0.3) is 22.3 Å². The molecule has 0 N–H and O–H groups in total. The largest absolute Gasteiger partial charge is 0.0947 e. The average Bonchev–Trinajstić information content (AvgIpc) is 3.13. The highest BCUT2D eigenvalue weighted by Crippen LogP contribution is 2.54. The van der Waals surface area contributed by atoms with Gasteiger partial charge in [0.1, 0.15) is 0 Å². The molecule has 0 heterocycles. The molecule has 0 saturated carbocycles. The molecule has 2 aliphatic carbocycles. The molecular weight excluding hydrogens is 563 g/mol. The van der Waals surface area contributed by atoms with E-state index in [0.29, 0.717) is 15.1 Å². The quantitative estimate of drug-likeness (QED) is 0.204. The SMILES string of the molecule is ClC(=C=C1C(c2ccccc2)=C(c2ccc(Cl)cc2)C(c2ccc(Cl)cc2)=C1c1ccccc1)C1C=CC=CC=C1. The van der Waals surface area contributed by atoms with Crippen molar-refractivity contribution < 1.29 is 0 Å². The van der Waals surface area contributed by atoms with Crippen LogP contribution in [0, 0.1) is 5.92 Å². The van der Waals surface area contributed by atoms with E-state index in [2.05, 4.69) is 90.7 Å². The van der Waals surface area contributed by atoms with Crippen molar-refractivity contribution in [2.45, 2.75) is 0 Å². The Balaban J connectivity index is 1.77. The van der Waals surface area contributed by atoms with E-state index < -0.39 is 0 Å². The first-order valence-corrected chi connectivity index (χ1v) is 14.5. The Kier molecular flexibility index (Phi) is 8.10. The molecule has 0 radical (unpaired) electrons. The molecule has 3 heteroatoms. The van der Waals surface area contributed by atoms with Gasteiger partial charge >= 0.3 is 0 Å². The summed E-state index contributed by atoms with van der Waals surface area (Å²) in [6, 6.07) is 37.0. The predicted octanol–water partition coefficient (Wildman–Crippen LogP) is 11.5. The maximum atomic E-state index is 7.12. The lowest BCUT2D eigenvalue weighted by atomic mass is 9.89. The third-order valence-electron chi connectivity index (χ3n) is 7.15. The molecular formula is C38H25Cl3. The third-order valence-corrected chi connectivity index (χ3v) is 8.00. The zero-order valence-electron chi connectivity index (χ0n) is 22.1. The minimum absolute atomic E-state index is 0.0909. The Morgan fingerprint density at radius 1 is 0.463 bits per heavy atom. The molecule has 0 atom stereocenters. The molecule has 4 aromatic rings. The molecule has 0 spiro atoms. The molecule has 0 aliphatic heterocycles. The van der Waals surface area contributed by atoms with Crippen molar-refractivity contribution in [1.29, 1.82) is 0 Å². The van der Waals surface area contributed by atoms with Gasteiger partial charge in [-0.1, -0.05) is 162 Å². The number of allylic oxidation sites excluding steroid dienone is 11. The summed E-state index contributed by atoms with van der Waals surface area (Å²) >= 11 is 19.9. The van der Waals surface area contributed by atoms with Crippen molar-refractivity contribution in [2.24, 2.45) is 5.92 Å². The summed E-state index contributed by atoms with van der Waals surface area (Å²) in [6.07, 6.45) is 12.2. The Bertz CT molecular complexity index is 1670. The second-order valence-corrected chi connectivity index (χ2v) is 11.1. The molecule has 0 bridgehead atoms. The van der Waals surface area contributed by atoms with Gasteiger partial charge in [-0.3, -0.25) is 0 Å². The summed E-state index contributed by atoms with van der Waals surface area (Å²) in [5.74, 6) is -0.0909. The lowest BCUT2D eigenvalue weighted by Crippen LogP contribution is -1.94. The number of hydrogen-bond donors (Lipinski definition) is 0. The van der Waals surface area contributed by atoms with Crippen molar-refractivity contribution in [3.05, 3.63) is 194 Å². The van der Waals surface area contributed by atoms with Gasteiger partial charge in [0.05, 0.1) is 5.03 Å². The fourth-order valence-electron chi connectivity index (χ4n) is 5.28. The first kappa shape index (κ1) is 27.2. The fraction of sp³-hybridized carbons (Fsp3) is 0.0263. The summed E-state index contributed by atoms with van der Waals surface area (Å²) in [6.45, 7) is 0. The molecule has 4 aromatic carbocycles. The number of benzene rings is 4. The third kappa shape index (κ3) is 5.75. The number of hydrogen-bond acceptors (Lipinski definition) is 0. The zero-order chi connectivity index (χ0) is 28.2. The van der Waals surface area contributed by atoms with Gasteiger partial charge in [0.2, 0.25) is 0 Å². The van der Waals surface area contributed by atoms with E-state index in [0.717, 1.165) is 50.1 Å². The van der Waals surface area contributed by atoms with Crippen molar-refractivity contribution in [1.82, 2.24) is 0 Å². The normalized spacial score (nSPS) is 15.0. The molecule has 2 aliphatic rings. The van der Waals surface area contributed by atoms with Crippen LogP contribution in [0.1, 0.15) is 22.3 Å². The zero-order valence-corrected chi connectivity index (χ0v) is 24.3. The van der Waals surface area contributed by atoms with Crippen LogP contribution in [0.4, 0.5) is 0 Å². The Morgan fingerprint density at radius 2 is 0.854 bits per heavy atom. The van der Waals surface area contributed by atoms with Gasteiger partial charge < -0.3 is 0 Å². The Labute approximate surface area is 256 Å². The molecule has 6 rings (SSSR count). The van der Waals surface area contributed by atoms with Gasteiger partial charge in [0.15, 0.2) is 0 Å². The van der Waals surface area contributed by atoms with Gasteiger partial charge in [-0.15, -0.1) is 0 Å². The minimum atomic E-state index is -0.0909. The van der Waals surface area contributed by atoms with Crippen LogP contribution >= 0.6 is 34.8 Å². The van der Waals surface area contributed by atoms with Crippen LogP contribution in [0.15, 0.2) is 162 Å². The highest BCUT2D eigenvalue weighted by molar-refractivity contribution is 6.36. The first-order valence-electron chi connectivity index (χ1n) is 13.4. The second kappa shape index (κ2) is 12.2. The topological polar surface area (TPSA) is 0 Å². The van der Waals surface area contributed by atoms with Crippen molar-refractivity contribution in [3.63, 3.8) is 0 Å². The monoisotopic (exact) mass is 586 g/mol. The molecule has 0 unspecified atom stereocenters. The summed E-state index contributed by atoms with van der Waals surface area (Å²) in [5, 5.41) is 1.99. The summed E-state index contributed by atoms with van der Waals surface area (Å²) in [4.78, 5) is 0. The lowest BCUT2D eigenvalue weighted by molar-refractivity contribution is 1.05. The molecule has 0 aromatic heterocycles.